The maximum atomic E-state index is 7.74. The van der Waals surface area contributed by atoms with E-state index in [9.17, 15) is 0 Å². The number of azide groups is 1. The Morgan fingerprint density at radius 2 is 1.36 bits per heavy atom. The van der Waals surface area contributed by atoms with Gasteiger partial charge in [0.25, 0.3) is 0 Å². The molecular weight excluding hydrogens is 192 g/mol. The smallest absolute Gasteiger partial charge is 0.124 e. The minimum absolute atomic E-state index is 1.41. The van der Waals surface area contributed by atoms with Gasteiger partial charge in [0.05, 0.1) is 5.22 Å². The van der Waals surface area contributed by atoms with Crippen molar-refractivity contribution in [2.45, 2.75) is 6.92 Å². The zero-order valence-electron chi connectivity index (χ0n) is 6.94. The first kappa shape index (κ1) is 11.4. The van der Waals surface area contributed by atoms with E-state index in [-0.39, 0.29) is 0 Å². The van der Waals surface area contributed by atoms with Crippen LogP contribution in [0.3, 0.4) is 0 Å². The van der Waals surface area contributed by atoms with Crippen molar-refractivity contribution in [1.29, 1.82) is 0 Å². The molecule has 0 aliphatic rings. The molecule has 14 heavy (non-hydrogen) atoms. The third-order valence-electron chi connectivity index (χ3n) is 0.527. The summed E-state index contributed by atoms with van der Waals surface area (Å²) in [5, 5.41) is 29.9. The highest BCUT2D eigenvalue weighted by molar-refractivity contribution is 5.52. The van der Waals surface area contributed by atoms with E-state index in [1.165, 1.54) is 6.21 Å². The molecule has 0 heterocycles. The van der Waals surface area contributed by atoms with E-state index >= 15 is 0 Å². The van der Waals surface area contributed by atoms with E-state index in [2.05, 4.69) is 57.0 Å². The Bertz CT molecular complexity index is 311. The Morgan fingerprint density at radius 1 is 0.857 bits per heavy atom. The molecule has 12 nitrogen and oxygen atoms in total. The molecule has 0 aromatic heterocycles. The zero-order valence-corrected chi connectivity index (χ0v) is 6.94. The first-order valence-electron chi connectivity index (χ1n) is 3.04. The van der Waals surface area contributed by atoms with Gasteiger partial charge >= 0.3 is 0 Å². The summed E-state index contributed by atoms with van der Waals surface area (Å²) in [5.41, 5.74) is 7.74. The van der Waals surface area contributed by atoms with Crippen LogP contribution in [0.2, 0.25) is 0 Å². The van der Waals surface area contributed by atoms with Crippen molar-refractivity contribution in [3.8, 4) is 0 Å². The van der Waals surface area contributed by atoms with Crippen LogP contribution in [-0.4, -0.2) is 6.21 Å². The monoisotopic (exact) mass is 196 g/mol. The van der Waals surface area contributed by atoms with Crippen LogP contribution in [0.4, 0.5) is 0 Å². The van der Waals surface area contributed by atoms with Crippen LogP contribution in [-0.2, 0) is 0 Å². The average Bonchev–Trinajstić information content (AvgIpc) is 2.21. The van der Waals surface area contributed by atoms with Crippen molar-refractivity contribution >= 4 is 6.21 Å². The first-order chi connectivity index (χ1) is 6.91. The number of nitrogens with zero attached hydrogens (tertiary/aromatic N) is 12. The summed E-state index contributed by atoms with van der Waals surface area (Å²) in [6.45, 7) is 1.66. The van der Waals surface area contributed by atoms with Crippen LogP contribution < -0.4 is 0 Å². The van der Waals surface area contributed by atoms with Gasteiger partial charge in [0.15, 0.2) is 0 Å². The van der Waals surface area contributed by atoms with Crippen LogP contribution in [0.5, 0.6) is 0 Å². The molecular formula is C2H4N12. The lowest BCUT2D eigenvalue weighted by Crippen LogP contribution is -1.52. The molecule has 0 aromatic carbocycles. The predicted octanol–water partition coefficient (Wildman–Crippen LogP) is 2.77. The molecule has 12 heteroatoms. The van der Waals surface area contributed by atoms with E-state index in [1.54, 1.807) is 6.92 Å². The summed E-state index contributed by atoms with van der Waals surface area (Å²) >= 11 is 0. The Labute approximate surface area is 76.8 Å². The quantitative estimate of drug-likeness (QED) is 0.208. The summed E-state index contributed by atoms with van der Waals surface area (Å²) in [7, 11) is 0. The molecule has 0 radical (unpaired) electrons. The van der Waals surface area contributed by atoms with Crippen LogP contribution in [0.25, 0.3) is 10.4 Å². The van der Waals surface area contributed by atoms with Gasteiger partial charge in [0, 0.05) is 21.9 Å². The molecule has 0 fully saturated rings. The van der Waals surface area contributed by atoms with E-state index in [0.717, 1.165) is 0 Å². The second-order valence-corrected chi connectivity index (χ2v) is 1.27. The molecule has 0 saturated carbocycles. The first-order valence-corrected chi connectivity index (χ1v) is 3.04. The topological polar surface area (TPSA) is 160 Å². The molecule has 0 rings (SSSR count). The van der Waals surface area contributed by atoms with E-state index in [1.807, 2.05) is 0 Å². The predicted molar refractivity (Wildman–Crippen MR) is 42.7 cm³/mol. The zero-order chi connectivity index (χ0) is 10.5. The second-order valence-electron chi connectivity index (χ2n) is 1.27. The third kappa shape index (κ3) is 9.38. The fourth-order valence-corrected chi connectivity index (χ4v) is 0.218. The van der Waals surface area contributed by atoms with Crippen molar-refractivity contribution < 1.29 is 0 Å². The Hall–Kier alpha value is -2.62. The second kappa shape index (κ2) is 10.4. The number of hydrogen-bond acceptors (Lipinski definition) is 1. The minimum atomic E-state index is 1.41. The summed E-state index contributed by atoms with van der Waals surface area (Å²) in [5.74, 6) is 0. The van der Waals surface area contributed by atoms with Gasteiger partial charge < -0.3 is 0 Å². The molecule has 0 aromatic rings. The normalized spacial score (nSPS) is 12.6. The van der Waals surface area contributed by atoms with E-state index < -0.39 is 0 Å². The van der Waals surface area contributed by atoms with E-state index in [4.69, 9.17) is 5.53 Å². The molecule has 0 bridgehead atoms. The van der Waals surface area contributed by atoms with Gasteiger partial charge in [-0.25, -0.2) is 0 Å². The lowest BCUT2D eigenvalue weighted by Gasteiger charge is -1.67. The highest BCUT2D eigenvalue weighted by Crippen LogP contribution is 1.85. The van der Waals surface area contributed by atoms with Crippen molar-refractivity contribution in [2.24, 2.45) is 52.1 Å². The maximum Gasteiger partial charge on any atom is 0.124 e. The fraction of sp³-hybridized carbons (Fsp3) is 0.500. The molecule has 0 saturated heterocycles. The van der Waals surface area contributed by atoms with Crippen molar-refractivity contribution in [1.82, 2.24) is 0 Å². The molecule has 0 amide bonds. The molecule has 0 aliphatic heterocycles. The molecule has 0 aliphatic carbocycles. The molecule has 0 N–H and O–H groups in total. The van der Waals surface area contributed by atoms with Gasteiger partial charge in [-0.15, -0.1) is 10.6 Å². The Kier molecular flexibility index (Phi) is 8.44. The van der Waals surface area contributed by atoms with Crippen LogP contribution in [0, 0.1) is 0 Å². The maximum absolute atomic E-state index is 7.74. The van der Waals surface area contributed by atoms with Gasteiger partial charge in [-0.3, -0.25) is 0 Å². The highest BCUT2D eigenvalue weighted by Gasteiger charge is 1.70. The van der Waals surface area contributed by atoms with Crippen molar-refractivity contribution in [2.75, 3.05) is 0 Å². The summed E-state index contributed by atoms with van der Waals surface area (Å²) in [6.07, 6.45) is 1.41. The lowest BCUT2D eigenvalue weighted by atomic mass is 10.9. The summed E-state index contributed by atoms with van der Waals surface area (Å²) in [4.78, 5) is 2.26. The van der Waals surface area contributed by atoms with Gasteiger partial charge in [-0.05, 0) is 22.6 Å². The molecule has 0 unspecified atom stereocenters. The van der Waals surface area contributed by atoms with Crippen molar-refractivity contribution in [3.05, 3.63) is 10.4 Å². The lowest BCUT2D eigenvalue weighted by molar-refractivity contribution is 0.779. The largest absolute Gasteiger partial charge is 0.163 e. The van der Waals surface area contributed by atoms with Gasteiger partial charge in [0.2, 0.25) is 0 Å². The fourth-order valence-electron chi connectivity index (χ4n) is 0.218. The Balaban J connectivity index is 3.75. The van der Waals surface area contributed by atoms with Gasteiger partial charge in [-0.2, -0.15) is 4.91 Å². The van der Waals surface area contributed by atoms with Gasteiger partial charge in [0.1, 0.15) is 10.4 Å². The molecule has 0 atom stereocenters. The van der Waals surface area contributed by atoms with E-state index in [0.29, 0.717) is 0 Å². The number of hydrogen-bond donors (Lipinski definition) is 0. The standard InChI is InChI=1S/C2H4N12/c1-2-4-6-8-10-12-14-13-11-9-7-5-3/h2H,1H3. The van der Waals surface area contributed by atoms with Crippen molar-refractivity contribution in [3.63, 3.8) is 0 Å². The average molecular weight is 196 g/mol. The van der Waals surface area contributed by atoms with Crippen LogP contribution >= 0.6 is 0 Å². The van der Waals surface area contributed by atoms with Gasteiger partial charge in [-0.1, -0.05) is 0 Å². The summed E-state index contributed by atoms with van der Waals surface area (Å²) < 4.78 is 0. The highest BCUT2D eigenvalue weighted by atomic mass is 15.7. The SMILES string of the molecule is CC=NN=NN=NN=NN=NN=[N+]=[N-]. The Morgan fingerprint density at radius 3 is 1.86 bits per heavy atom. The molecule has 72 valence electrons. The van der Waals surface area contributed by atoms with Crippen LogP contribution in [0.1, 0.15) is 6.92 Å². The third-order valence-corrected chi connectivity index (χ3v) is 0.527. The summed E-state index contributed by atoms with van der Waals surface area (Å²) in [6, 6.07) is 0. The minimum Gasteiger partial charge on any atom is -0.163 e. The number of rotatable bonds is 5. The molecule has 0 spiro atoms. The van der Waals surface area contributed by atoms with Crippen LogP contribution in [0.15, 0.2) is 52.1 Å².